The Bertz CT molecular complexity index is 522. The topological polar surface area (TPSA) is 43.8 Å². The van der Waals surface area contributed by atoms with E-state index in [0.29, 0.717) is 6.54 Å². The Labute approximate surface area is 104 Å². The number of hydrogen-bond donors (Lipinski definition) is 1. The molecule has 0 fully saturated rings. The molecule has 0 amide bonds. The van der Waals surface area contributed by atoms with Gasteiger partial charge in [-0.3, -0.25) is 4.68 Å². The molecule has 2 rings (SSSR count). The van der Waals surface area contributed by atoms with Crippen LogP contribution in [0, 0.1) is 5.82 Å². The van der Waals surface area contributed by atoms with Crippen molar-refractivity contribution in [3.63, 3.8) is 0 Å². The smallest absolute Gasteiger partial charge is 0.141 e. The lowest BCUT2D eigenvalue weighted by atomic mass is 10.2. The molecular formula is C12H13ClFN3. The van der Waals surface area contributed by atoms with Crippen LogP contribution in [0.15, 0.2) is 30.6 Å². The van der Waals surface area contributed by atoms with Crippen molar-refractivity contribution in [3.8, 4) is 0 Å². The molecule has 0 radical (unpaired) electrons. The Kier molecular flexibility index (Phi) is 3.45. The van der Waals surface area contributed by atoms with Crippen LogP contribution >= 0.6 is 11.6 Å². The van der Waals surface area contributed by atoms with Crippen molar-refractivity contribution >= 4 is 11.6 Å². The Morgan fingerprint density at radius 1 is 1.53 bits per heavy atom. The van der Waals surface area contributed by atoms with Crippen LogP contribution in [-0.4, -0.2) is 9.78 Å². The van der Waals surface area contributed by atoms with Gasteiger partial charge in [-0.15, -0.1) is 0 Å². The van der Waals surface area contributed by atoms with Crippen LogP contribution in [0.2, 0.25) is 5.02 Å². The molecule has 0 aliphatic rings. The van der Waals surface area contributed by atoms with Gasteiger partial charge < -0.3 is 5.73 Å². The molecular weight excluding hydrogens is 241 g/mol. The first-order chi connectivity index (χ1) is 8.06. The summed E-state index contributed by atoms with van der Waals surface area (Å²) in [6, 6.07) is 4.60. The summed E-state index contributed by atoms with van der Waals surface area (Å²) in [5, 5.41) is 4.31. The summed E-state index contributed by atoms with van der Waals surface area (Å²) in [4.78, 5) is 0. The second-order valence-corrected chi connectivity index (χ2v) is 4.42. The highest BCUT2D eigenvalue weighted by Crippen LogP contribution is 2.17. The van der Waals surface area contributed by atoms with Gasteiger partial charge in [0, 0.05) is 17.8 Å². The van der Waals surface area contributed by atoms with Crippen LogP contribution in [-0.2, 0) is 6.54 Å². The maximum Gasteiger partial charge on any atom is 0.141 e. The minimum Gasteiger partial charge on any atom is -0.324 e. The van der Waals surface area contributed by atoms with Crippen LogP contribution < -0.4 is 5.73 Å². The number of nitrogens with zero attached hydrogens (tertiary/aromatic N) is 2. The lowest BCUT2D eigenvalue weighted by molar-refractivity contribution is 0.625. The second kappa shape index (κ2) is 4.85. The first-order valence-electron chi connectivity index (χ1n) is 5.28. The van der Waals surface area contributed by atoms with Crippen LogP contribution in [0.3, 0.4) is 0 Å². The van der Waals surface area contributed by atoms with Gasteiger partial charge in [0.25, 0.3) is 0 Å². The fraction of sp³-hybridized carbons (Fsp3) is 0.250. The molecule has 0 spiro atoms. The largest absolute Gasteiger partial charge is 0.324 e. The normalized spacial score (nSPS) is 12.7. The standard InChI is InChI=1S/C12H13ClFN3/c1-8(15)10-5-16-17(7-10)6-9-2-3-12(14)11(13)4-9/h2-5,7-8H,6,15H2,1H3. The molecule has 0 aliphatic carbocycles. The summed E-state index contributed by atoms with van der Waals surface area (Å²) in [6.07, 6.45) is 3.61. The van der Waals surface area contributed by atoms with Crippen molar-refractivity contribution in [2.24, 2.45) is 5.73 Å². The molecule has 0 bridgehead atoms. The van der Waals surface area contributed by atoms with E-state index in [-0.39, 0.29) is 11.1 Å². The SMILES string of the molecule is CC(N)c1cnn(Cc2ccc(F)c(Cl)c2)c1. The maximum absolute atomic E-state index is 13.0. The van der Waals surface area contributed by atoms with Gasteiger partial charge in [-0.1, -0.05) is 17.7 Å². The minimum absolute atomic E-state index is 0.0412. The van der Waals surface area contributed by atoms with E-state index in [2.05, 4.69) is 5.10 Å². The summed E-state index contributed by atoms with van der Waals surface area (Å²) < 4.78 is 14.7. The average molecular weight is 254 g/mol. The molecule has 0 aliphatic heterocycles. The van der Waals surface area contributed by atoms with Gasteiger partial charge in [0.05, 0.1) is 17.8 Å². The predicted octanol–water partition coefficient (Wildman–Crippen LogP) is 2.74. The summed E-state index contributed by atoms with van der Waals surface area (Å²) in [5.74, 6) is -0.410. The van der Waals surface area contributed by atoms with Crippen molar-refractivity contribution in [1.82, 2.24) is 9.78 Å². The van der Waals surface area contributed by atoms with E-state index >= 15 is 0 Å². The van der Waals surface area contributed by atoms with Crippen molar-refractivity contribution in [1.29, 1.82) is 0 Å². The monoisotopic (exact) mass is 253 g/mol. The predicted molar refractivity (Wildman–Crippen MR) is 65.3 cm³/mol. The zero-order chi connectivity index (χ0) is 12.4. The van der Waals surface area contributed by atoms with E-state index in [4.69, 9.17) is 17.3 Å². The lowest BCUT2D eigenvalue weighted by Crippen LogP contribution is -2.04. The molecule has 2 aromatic rings. The van der Waals surface area contributed by atoms with E-state index in [1.165, 1.54) is 6.07 Å². The first kappa shape index (κ1) is 12.1. The molecule has 1 atom stereocenters. The Hall–Kier alpha value is -1.39. The molecule has 1 heterocycles. The van der Waals surface area contributed by atoms with Crippen LogP contribution in [0.1, 0.15) is 24.1 Å². The van der Waals surface area contributed by atoms with Gasteiger partial charge in [0.15, 0.2) is 0 Å². The molecule has 5 heteroatoms. The number of nitrogens with two attached hydrogens (primary N) is 1. The second-order valence-electron chi connectivity index (χ2n) is 4.01. The first-order valence-corrected chi connectivity index (χ1v) is 5.66. The molecule has 1 aromatic heterocycles. The zero-order valence-corrected chi connectivity index (χ0v) is 10.2. The third-order valence-electron chi connectivity index (χ3n) is 2.51. The Morgan fingerprint density at radius 2 is 2.29 bits per heavy atom. The minimum atomic E-state index is -0.410. The molecule has 0 saturated heterocycles. The lowest BCUT2D eigenvalue weighted by Gasteiger charge is -2.03. The summed E-state index contributed by atoms with van der Waals surface area (Å²) in [6.45, 7) is 2.45. The molecule has 90 valence electrons. The average Bonchev–Trinajstić information content (AvgIpc) is 2.72. The highest BCUT2D eigenvalue weighted by molar-refractivity contribution is 6.30. The van der Waals surface area contributed by atoms with Gasteiger partial charge in [-0.2, -0.15) is 5.10 Å². The van der Waals surface area contributed by atoms with E-state index < -0.39 is 5.82 Å². The summed E-state index contributed by atoms with van der Waals surface area (Å²) >= 11 is 5.71. The number of rotatable bonds is 3. The van der Waals surface area contributed by atoms with E-state index in [1.807, 2.05) is 13.1 Å². The van der Waals surface area contributed by atoms with Gasteiger partial charge >= 0.3 is 0 Å². The van der Waals surface area contributed by atoms with E-state index in [0.717, 1.165) is 11.1 Å². The molecule has 1 aromatic carbocycles. The Morgan fingerprint density at radius 3 is 2.88 bits per heavy atom. The fourth-order valence-electron chi connectivity index (χ4n) is 1.53. The number of benzene rings is 1. The number of aromatic nitrogens is 2. The molecule has 17 heavy (non-hydrogen) atoms. The van der Waals surface area contributed by atoms with E-state index in [1.54, 1.807) is 23.0 Å². The van der Waals surface area contributed by atoms with E-state index in [9.17, 15) is 4.39 Å². The van der Waals surface area contributed by atoms with Crippen LogP contribution in [0.25, 0.3) is 0 Å². The molecule has 3 nitrogen and oxygen atoms in total. The van der Waals surface area contributed by atoms with Gasteiger partial charge in [0.1, 0.15) is 5.82 Å². The van der Waals surface area contributed by atoms with Gasteiger partial charge in [0.2, 0.25) is 0 Å². The molecule has 0 saturated carbocycles. The Balaban J connectivity index is 2.16. The highest BCUT2D eigenvalue weighted by Gasteiger charge is 2.05. The zero-order valence-electron chi connectivity index (χ0n) is 9.40. The highest BCUT2D eigenvalue weighted by atomic mass is 35.5. The van der Waals surface area contributed by atoms with Gasteiger partial charge in [-0.25, -0.2) is 4.39 Å². The quantitative estimate of drug-likeness (QED) is 0.914. The van der Waals surface area contributed by atoms with Crippen LogP contribution in [0.5, 0.6) is 0 Å². The molecule has 2 N–H and O–H groups in total. The summed E-state index contributed by atoms with van der Waals surface area (Å²) in [7, 11) is 0. The van der Waals surface area contributed by atoms with Crippen molar-refractivity contribution < 1.29 is 4.39 Å². The van der Waals surface area contributed by atoms with Crippen LogP contribution in [0.4, 0.5) is 4.39 Å². The van der Waals surface area contributed by atoms with Crippen molar-refractivity contribution in [2.75, 3.05) is 0 Å². The van der Waals surface area contributed by atoms with Crippen molar-refractivity contribution in [2.45, 2.75) is 19.5 Å². The third-order valence-corrected chi connectivity index (χ3v) is 2.80. The number of hydrogen-bond acceptors (Lipinski definition) is 2. The third kappa shape index (κ3) is 2.84. The van der Waals surface area contributed by atoms with Crippen molar-refractivity contribution in [3.05, 3.63) is 52.6 Å². The maximum atomic E-state index is 13.0. The van der Waals surface area contributed by atoms with Gasteiger partial charge in [-0.05, 0) is 24.6 Å². The molecule has 1 unspecified atom stereocenters. The number of halogens is 2. The fourth-order valence-corrected chi connectivity index (χ4v) is 1.73. The summed E-state index contributed by atoms with van der Waals surface area (Å²) in [5.41, 5.74) is 7.61.